The quantitative estimate of drug-likeness (QED) is 0.736. The van der Waals surface area contributed by atoms with Gasteiger partial charge in [-0.3, -0.25) is 4.98 Å². The van der Waals surface area contributed by atoms with E-state index in [-0.39, 0.29) is 0 Å². The van der Waals surface area contributed by atoms with E-state index in [1.807, 2.05) is 0 Å². The molecule has 2 nitrogen and oxygen atoms in total. The average Bonchev–Trinajstić information content (AvgIpc) is 2.29. The smallest absolute Gasteiger partial charge is 0.0640 e. The summed E-state index contributed by atoms with van der Waals surface area (Å²) in [7, 11) is 0. The fraction of sp³-hybridized carbons (Fsp3) is 0.615. The molecule has 0 atom stereocenters. The predicted octanol–water partition coefficient (Wildman–Crippen LogP) is 2.72. The molecular weight excluding hydrogens is 184 g/mol. The highest BCUT2D eigenvalue weighted by Crippen LogP contribution is 2.30. The summed E-state index contributed by atoms with van der Waals surface area (Å²) in [6, 6.07) is 0. The lowest BCUT2D eigenvalue weighted by atomic mass is 9.99. The van der Waals surface area contributed by atoms with Crippen molar-refractivity contribution in [3.63, 3.8) is 0 Å². The first-order chi connectivity index (χ1) is 7.27. The van der Waals surface area contributed by atoms with Crippen molar-refractivity contribution in [2.45, 2.75) is 40.0 Å². The van der Waals surface area contributed by atoms with Gasteiger partial charge in [0.2, 0.25) is 0 Å². The molecule has 0 aliphatic carbocycles. The Bertz CT molecular complexity index is 358. The Morgan fingerprint density at radius 2 is 2.20 bits per heavy atom. The number of aryl methyl sites for hydroxylation is 2. The van der Waals surface area contributed by atoms with Crippen LogP contribution in [0.5, 0.6) is 0 Å². The minimum Gasteiger partial charge on any atom is -0.370 e. The molecule has 1 aliphatic heterocycles. The maximum atomic E-state index is 4.61. The van der Waals surface area contributed by atoms with Crippen LogP contribution in [0.15, 0.2) is 6.20 Å². The van der Waals surface area contributed by atoms with Crippen LogP contribution in [0.4, 0.5) is 5.69 Å². The summed E-state index contributed by atoms with van der Waals surface area (Å²) in [5, 5.41) is 0. The fourth-order valence-corrected chi connectivity index (χ4v) is 2.51. The van der Waals surface area contributed by atoms with Crippen molar-refractivity contribution >= 4 is 5.69 Å². The Morgan fingerprint density at radius 1 is 1.40 bits per heavy atom. The van der Waals surface area contributed by atoms with Crippen molar-refractivity contribution in [1.29, 1.82) is 0 Å². The van der Waals surface area contributed by atoms with Crippen molar-refractivity contribution in [2.24, 2.45) is 0 Å². The number of pyridine rings is 1. The van der Waals surface area contributed by atoms with Gasteiger partial charge < -0.3 is 4.90 Å². The van der Waals surface area contributed by atoms with E-state index in [9.17, 15) is 0 Å². The van der Waals surface area contributed by atoms with Crippen LogP contribution in [-0.2, 0) is 12.8 Å². The Hall–Kier alpha value is -1.05. The molecule has 82 valence electrons. The second-order valence-electron chi connectivity index (χ2n) is 4.24. The Morgan fingerprint density at radius 3 is 2.87 bits per heavy atom. The standard InChI is InChI=1S/C13H20N2/c1-4-11-9-14-12-7-6-8-15(5-2)13(12)10(11)3/h9H,4-8H2,1-3H3. The topological polar surface area (TPSA) is 16.1 Å². The molecule has 0 saturated carbocycles. The average molecular weight is 204 g/mol. The number of hydrogen-bond acceptors (Lipinski definition) is 2. The molecule has 0 radical (unpaired) electrons. The third kappa shape index (κ3) is 1.73. The van der Waals surface area contributed by atoms with Crippen LogP contribution in [0.2, 0.25) is 0 Å². The van der Waals surface area contributed by atoms with Gasteiger partial charge in [-0.25, -0.2) is 0 Å². The molecule has 0 bridgehead atoms. The molecule has 0 unspecified atom stereocenters. The van der Waals surface area contributed by atoms with Crippen LogP contribution in [0.25, 0.3) is 0 Å². The van der Waals surface area contributed by atoms with Gasteiger partial charge in [0.1, 0.15) is 0 Å². The van der Waals surface area contributed by atoms with E-state index in [1.54, 1.807) is 0 Å². The van der Waals surface area contributed by atoms with Crippen LogP contribution in [-0.4, -0.2) is 18.1 Å². The summed E-state index contributed by atoms with van der Waals surface area (Å²) in [4.78, 5) is 7.08. The summed E-state index contributed by atoms with van der Waals surface area (Å²) < 4.78 is 0. The van der Waals surface area contributed by atoms with Gasteiger partial charge >= 0.3 is 0 Å². The van der Waals surface area contributed by atoms with E-state index in [4.69, 9.17) is 0 Å². The van der Waals surface area contributed by atoms with Gasteiger partial charge in [0.15, 0.2) is 0 Å². The van der Waals surface area contributed by atoms with Gasteiger partial charge in [-0.1, -0.05) is 6.92 Å². The molecule has 2 heterocycles. The second kappa shape index (κ2) is 4.21. The zero-order chi connectivity index (χ0) is 10.8. The minimum absolute atomic E-state index is 1.09. The molecule has 2 rings (SSSR count). The van der Waals surface area contributed by atoms with E-state index in [1.165, 1.54) is 35.5 Å². The fourth-order valence-electron chi connectivity index (χ4n) is 2.51. The number of anilines is 1. The number of fused-ring (bicyclic) bond motifs is 1. The van der Waals surface area contributed by atoms with E-state index < -0.39 is 0 Å². The summed E-state index contributed by atoms with van der Waals surface area (Å²) in [5.41, 5.74) is 5.57. The third-order valence-electron chi connectivity index (χ3n) is 3.41. The highest BCUT2D eigenvalue weighted by molar-refractivity contribution is 5.60. The predicted molar refractivity (Wildman–Crippen MR) is 64.6 cm³/mol. The molecule has 1 aliphatic rings. The molecule has 0 spiro atoms. The maximum Gasteiger partial charge on any atom is 0.0640 e. The van der Waals surface area contributed by atoms with E-state index >= 15 is 0 Å². The Balaban J connectivity index is 2.51. The van der Waals surface area contributed by atoms with Crippen molar-refractivity contribution in [3.8, 4) is 0 Å². The van der Waals surface area contributed by atoms with Gasteiger partial charge in [-0.2, -0.15) is 0 Å². The van der Waals surface area contributed by atoms with Crippen molar-refractivity contribution in [3.05, 3.63) is 23.0 Å². The third-order valence-corrected chi connectivity index (χ3v) is 3.41. The van der Waals surface area contributed by atoms with E-state index in [0.29, 0.717) is 0 Å². The molecule has 0 aromatic carbocycles. The molecule has 2 heteroatoms. The second-order valence-corrected chi connectivity index (χ2v) is 4.24. The number of rotatable bonds is 2. The molecular formula is C13H20N2. The van der Waals surface area contributed by atoms with Crippen molar-refractivity contribution in [2.75, 3.05) is 18.0 Å². The Kier molecular flexibility index (Phi) is 2.94. The Labute approximate surface area is 92.3 Å². The zero-order valence-electron chi connectivity index (χ0n) is 10.0. The number of aromatic nitrogens is 1. The lowest BCUT2D eigenvalue weighted by Crippen LogP contribution is -2.30. The van der Waals surface area contributed by atoms with Crippen LogP contribution in [0, 0.1) is 6.92 Å². The van der Waals surface area contributed by atoms with Crippen molar-refractivity contribution < 1.29 is 0 Å². The molecule has 1 aromatic rings. The summed E-state index contributed by atoms with van der Waals surface area (Å²) in [6.07, 6.45) is 5.55. The van der Waals surface area contributed by atoms with Crippen LogP contribution in [0.1, 0.15) is 37.1 Å². The SMILES string of the molecule is CCc1cnc2c(c1C)N(CC)CCC2. The first-order valence-electron chi connectivity index (χ1n) is 6.00. The molecule has 0 saturated heterocycles. The minimum atomic E-state index is 1.09. The lowest BCUT2D eigenvalue weighted by molar-refractivity contribution is 0.687. The first kappa shape index (κ1) is 10.5. The summed E-state index contributed by atoms with van der Waals surface area (Å²) in [5.74, 6) is 0. The van der Waals surface area contributed by atoms with Gasteiger partial charge in [0, 0.05) is 19.3 Å². The van der Waals surface area contributed by atoms with E-state index in [0.717, 1.165) is 19.4 Å². The first-order valence-corrected chi connectivity index (χ1v) is 6.00. The lowest BCUT2D eigenvalue weighted by Gasteiger charge is -2.31. The normalized spacial score (nSPS) is 15.3. The molecule has 0 amide bonds. The monoisotopic (exact) mass is 204 g/mol. The highest BCUT2D eigenvalue weighted by Gasteiger charge is 2.19. The van der Waals surface area contributed by atoms with Gasteiger partial charge in [0.05, 0.1) is 11.4 Å². The number of hydrogen-bond donors (Lipinski definition) is 0. The largest absolute Gasteiger partial charge is 0.370 e. The molecule has 0 fully saturated rings. The van der Waals surface area contributed by atoms with Gasteiger partial charge in [-0.15, -0.1) is 0 Å². The van der Waals surface area contributed by atoms with Crippen LogP contribution in [0.3, 0.4) is 0 Å². The zero-order valence-corrected chi connectivity index (χ0v) is 10.0. The summed E-state index contributed by atoms with van der Waals surface area (Å²) >= 11 is 0. The molecule has 0 N–H and O–H groups in total. The maximum absolute atomic E-state index is 4.61. The molecule has 1 aromatic heterocycles. The van der Waals surface area contributed by atoms with Crippen LogP contribution >= 0.6 is 0 Å². The van der Waals surface area contributed by atoms with Gasteiger partial charge in [0.25, 0.3) is 0 Å². The van der Waals surface area contributed by atoms with Crippen LogP contribution < -0.4 is 4.90 Å². The van der Waals surface area contributed by atoms with Gasteiger partial charge in [-0.05, 0) is 44.2 Å². The van der Waals surface area contributed by atoms with E-state index in [2.05, 4.69) is 36.9 Å². The summed E-state index contributed by atoms with van der Waals surface area (Å²) in [6.45, 7) is 8.97. The highest BCUT2D eigenvalue weighted by atomic mass is 15.1. The molecule has 15 heavy (non-hydrogen) atoms. The van der Waals surface area contributed by atoms with Crippen molar-refractivity contribution in [1.82, 2.24) is 4.98 Å². The number of nitrogens with zero attached hydrogens (tertiary/aromatic N) is 2.